The first-order valence-electron chi connectivity index (χ1n) is 6.09. The lowest BCUT2D eigenvalue weighted by Gasteiger charge is -2.12. The molecule has 0 aliphatic rings. The summed E-state index contributed by atoms with van der Waals surface area (Å²) in [7, 11) is 0. The van der Waals surface area contributed by atoms with E-state index in [1.54, 1.807) is 12.4 Å². The Morgan fingerprint density at radius 2 is 1.72 bits per heavy atom. The van der Waals surface area contributed by atoms with Crippen LogP contribution in [0.4, 0.5) is 0 Å². The van der Waals surface area contributed by atoms with Crippen LogP contribution in [0.5, 0.6) is 0 Å². The zero-order valence-corrected chi connectivity index (χ0v) is 11.0. The fourth-order valence-corrected chi connectivity index (χ4v) is 1.89. The predicted octanol–water partition coefficient (Wildman–Crippen LogP) is 2.68. The van der Waals surface area contributed by atoms with Crippen LogP contribution in [0.3, 0.4) is 0 Å². The Bertz CT molecular complexity index is 535. The van der Waals surface area contributed by atoms with Crippen LogP contribution in [-0.4, -0.2) is 15.1 Å². The molecule has 0 saturated carbocycles. The summed E-state index contributed by atoms with van der Waals surface area (Å²) in [6.45, 7) is 6.04. The second-order valence-corrected chi connectivity index (χ2v) is 4.77. The largest absolute Gasteiger partial charge is 0.385 e. The standard InChI is InChI=1S/C15H18N2O/c1-10-4-5-12(3)13(6-10)7-14(18)15-16-8-11(2)9-17-15/h4-6,8-9,14,18H,7H2,1-3H3. The van der Waals surface area contributed by atoms with Crippen molar-refractivity contribution in [3.8, 4) is 0 Å². The predicted molar refractivity (Wildman–Crippen MR) is 71.3 cm³/mol. The first-order chi connectivity index (χ1) is 8.56. The van der Waals surface area contributed by atoms with Crippen LogP contribution < -0.4 is 0 Å². The van der Waals surface area contributed by atoms with Crippen molar-refractivity contribution in [2.75, 3.05) is 0 Å². The number of aliphatic hydroxyl groups excluding tert-OH is 1. The summed E-state index contributed by atoms with van der Waals surface area (Å²) in [6, 6.07) is 6.26. The van der Waals surface area contributed by atoms with Crippen molar-refractivity contribution in [1.82, 2.24) is 9.97 Å². The number of benzene rings is 1. The lowest BCUT2D eigenvalue weighted by Crippen LogP contribution is -2.07. The average molecular weight is 242 g/mol. The van der Waals surface area contributed by atoms with Crippen LogP contribution in [0.15, 0.2) is 30.6 Å². The molecule has 0 bridgehead atoms. The molecule has 3 heteroatoms. The van der Waals surface area contributed by atoms with E-state index >= 15 is 0 Å². The third-order valence-electron chi connectivity index (χ3n) is 3.02. The third kappa shape index (κ3) is 2.93. The van der Waals surface area contributed by atoms with Crippen LogP contribution in [0.2, 0.25) is 0 Å². The molecule has 1 aromatic carbocycles. The maximum atomic E-state index is 10.2. The second-order valence-electron chi connectivity index (χ2n) is 4.77. The van der Waals surface area contributed by atoms with E-state index < -0.39 is 6.10 Å². The first-order valence-corrected chi connectivity index (χ1v) is 6.09. The molecule has 1 unspecified atom stereocenters. The van der Waals surface area contributed by atoms with Gasteiger partial charge in [-0.15, -0.1) is 0 Å². The molecule has 0 amide bonds. The number of hydrogen-bond donors (Lipinski definition) is 1. The van der Waals surface area contributed by atoms with Gasteiger partial charge in [-0.2, -0.15) is 0 Å². The number of aryl methyl sites for hydroxylation is 3. The van der Waals surface area contributed by atoms with Crippen LogP contribution in [-0.2, 0) is 6.42 Å². The first kappa shape index (κ1) is 12.7. The van der Waals surface area contributed by atoms with Crippen molar-refractivity contribution in [3.05, 3.63) is 58.7 Å². The maximum Gasteiger partial charge on any atom is 0.157 e. The zero-order valence-electron chi connectivity index (χ0n) is 11.0. The molecule has 0 fully saturated rings. The summed E-state index contributed by atoms with van der Waals surface area (Å²) in [6.07, 6.45) is 3.37. The van der Waals surface area contributed by atoms with Crippen LogP contribution in [0, 0.1) is 20.8 Å². The summed E-state index contributed by atoms with van der Waals surface area (Å²) < 4.78 is 0. The SMILES string of the molecule is Cc1cnc(C(O)Cc2cc(C)ccc2C)nc1. The zero-order chi connectivity index (χ0) is 13.1. The van der Waals surface area contributed by atoms with E-state index in [9.17, 15) is 5.11 Å². The number of nitrogens with zero attached hydrogens (tertiary/aromatic N) is 2. The molecule has 94 valence electrons. The van der Waals surface area contributed by atoms with Gasteiger partial charge in [-0.3, -0.25) is 0 Å². The van der Waals surface area contributed by atoms with E-state index in [-0.39, 0.29) is 0 Å². The van der Waals surface area contributed by atoms with Gasteiger partial charge in [-0.05, 0) is 37.5 Å². The summed E-state index contributed by atoms with van der Waals surface area (Å²) >= 11 is 0. The second kappa shape index (κ2) is 5.27. The monoisotopic (exact) mass is 242 g/mol. The summed E-state index contributed by atoms with van der Waals surface area (Å²) in [5.41, 5.74) is 4.53. The van der Waals surface area contributed by atoms with E-state index in [0.717, 1.165) is 11.1 Å². The van der Waals surface area contributed by atoms with Gasteiger partial charge in [-0.1, -0.05) is 23.8 Å². The minimum atomic E-state index is -0.647. The van der Waals surface area contributed by atoms with Crippen LogP contribution in [0.25, 0.3) is 0 Å². The van der Waals surface area contributed by atoms with Gasteiger partial charge in [-0.25, -0.2) is 9.97 Å². The molecule has 1 N–H and O–H groups in total. The number of aliphatic hydroxyl groups is 1. The quantitative estimate of drug-likeness (QED) is 0.900. The Labute approximate surface area is 108 Å². The highest BCUT2D eigenvalue weighted by atomic mass is 16.3. The van der Waals surface area contributed by atoms with E-state index in [4.69, 9.17) is 0 Å². The average Bonchev–Trinajstić information content (AvgIpc) is 2.34. The minimum absolute atomic E-state index is 0.488. The van der Waals surface area contributed by atoms with Gasteiger partial charge in [0.1, 0.15) is 6.10 Å². The molecule has 2 aromatic rings. The minimum Gasteiger partial charge on any atom is -0.385 e. The van der Waals surface area contributed by atoms with Crippen molar-refractivity contribution < 1.29 is 5.11 Å². The van der Waals surface area contributed by atoms with Gasteiger partial charge < -0.3 is 5.11 Å². The van der Waals surface area contributed by atoms with Crippen molar-refractivity contribution in [2.45, 2.75) is 33.3 Å². The van der Waals surface area contributed by atoms with Gasteiger partial charge in [0.05, 0.1) is 0 Å². The molecule has 1 atom stereocenters. The van der Waals surface area contributed by atoms with Crippen LogP contribution in [0.1, 0.15) is 34.2 Å². The molecule has 1 heterocycles. The number of hydrogen-bond acceptors (Lipinski definition) is 3. The molecule has 0 aliphatic heterocycles. The molecule has 18 heavy (non-hydrogen) atoms. The summed E-state index contributed by atoms with van der Waals surface area (Å²) in [4.78, 5) is 8.33. The van der Waals surface area contributed by atoms with Crippen LogP contribution >= 0.6 is 0 Å². The van der Waals surface area contributed by atoms with Gasteiger partial charge in [0.15, 0.2) is 5.82 Å². The van der Waals surface area contributed by atoms with E-state index in [1.807, 2.05) is 6.92 Å². The Hall–Kier alpha value is -1.74. The Balaban J connectivity index is 2.18. The fraction of sp³-hybridized carbons (Fsp3) is 0.333. The smallest absolute Gasteiger partial charge is 0.157 e. The number of aromatic nitrogens is 2. The molecule has 0 saturated heterocycles. The fourth-order valence-electron chi connectivity index (χ4n) is 1.89. The topological polar surface area (TPSA) is 46.0 Å². The van der Waals surface area contributed by atoms with E-state index in [2.05, 4.69) is 42.0 Å². The Morgan fingerprint density at radius 3 is 2.39 bits per heavy atom. The molecule has 3 nitrogen and oxygen atoms in total. The lowest BCUT2D eigenvalue weighted by atomic mass is 10.00. The molecular formula is C15H18N2O. The van der Waals surface area contributed by atoms with E-state index in [0.29, 0.717) is 12.2 Å². The lowest BCUT2D eigenvalue weighted by molar-refractivity contribution is 0.168. The molecule has 0 aliphatic carbocycles. The molecule has 0 radical (unpaired) electrons. The molecule has 0 spiro atoms. The highest BCUT2D eigenvalue weighted by Crippen LogP contribution is 2.18. The van der Waals surface area contributed by atoms with E-state index in [1.165, 1.54) is 11.1 Å². The summed E-state index contributed by atoms with van der Waals surface area (Å²) in [5.74, 6) is 0.488. The highest BCUT2D eigenvalue weighted by molar-refractivity contribution is 5.31. The molecular weight excluding hydrogens is 224 g/mol. The molecule has 2 rings (SSSR count). The van der Waals surface area contributed by atoms with Gasteiger partial charge >= 0.3 is 0 Å². The van der Waals surface area contributed by atoms with Crippen molar-refractivity contribution in [2.24, 2.45) is 0 Å². The van der Waals surface area contributed by atoms with Gasteiger partial charge in [0, 0.05) is 18.8 Å². The van der Waals surface area contributed by atoms with Crippen molar-refractivity contribution in [1.29, 1.82) is 0 Å². The molecule has 1 aromatic heterocycles. The number of rotatable bonds is 3. The summed E-state index contributed by atoms with van der Waals surface area (Å²) in [5, 5.41) is 10.2. The normalized spacial score (nSPS) is 12.4. The van der Waals surface area contributed by atoms with Gasteiger partial charge in [0.25, 0.3) is 0 Å². The third-order valence-corrected chi connectivity index (χ3v) is 3.02. The Morgan fingerprint density at radius 1 is 1.06 bits per heavy atom. The van der Waals surface area contributed by atoms with Crippen molar-refractivity contribution in [3.63, 3.8) is 0 Å². The van der Waals surface area contributed by atoms with Crippen molar-refractivity contribution >= 4 is 0 Å². The Kier molecular flexibility index (Phi) is 3.72. The highest BCUT2D eigenvalue weighted by Gasteiger charge is 2.12. The van der Waals surface area contributed by atoms with Gasteiger partial charge in [0.2, 0.25) is 0 Å². The maximum absolute atomic E-state index is 10.2.